The van der Waals surface area contributed by atoms with E-state index in [1.807, 2.05) is 13.8 Å². The van der Waals surface area contributed by atoms with Crippen molar-refractivity contribution in [2.24, 2.45) is 0 Å². The summed E-state index contributed by atoms with van der Waals surface area (Å²) in [7, 11) is 0. The topological polar surface area (TPSA) is 87.6 Å². The van der Waals surface area contributed by atoms with Gasteiger partial charge in [-0.1, -0.05) is 6.92 Å². The number of hydrogen-bond acceptors (Lipinski definition) is 8. The molecule has 0 aliphatic carbocycles. The molecule has 0 saturated carbocycles. The van der Waals surface area contributed by atoms with Crippen LogP contribution in [0.4, 0.5) is 5.95 Å². The van der Waals surface area contributed by atoms with E-state index in [-0.39, 0.29) is 34.8 Å². The number of hydrogen-bond donors (Lipinski definition) is 1. The van der Waals surface area contributed by atoms with Gasteiger partial charge < -0.3 is 24.3 Å². The number of fused-ring (bicyclic) bond motifs is 4. The summed E-state index contributed by atoms with van der Waals surface area (Å²) in [5.41, 5.74) is -0.504. The summed E-state index contributed by atoms with van der Waals surface area (Å²) in [4.78, 5) is 11.8. The van der Waals surface area contributed by atoms with E-state index in [0.717, 1.165) is 6.42 Å². The van der Waals surface area contributed by atoms with E-state index in [0.29, 0.717) is 6.61 Å². The molecule has 132 valence electrons. The van der Waals surface area contributed by atoms with Crippen molar-refractivity contribution in [3.63, 3.8) is 0 Å². The third-order valence-corrected chi connectivity index (χ3v) is 4.95. The zero-order chi connectivity index (χ0) is 17.1. The molecule has 1 aromatic heterocycles. The molecule has 1 aromatic rings. The Morgan fingerprint density at radius 2 is 1.83 bits per heavy atom. The first kappa shape index (κ1) is 16.7. The van der Waals surface area contributed by atoms with Crippen LogP contribution in [0.3, 0.4) is 0 Å². The second kappa shape index (κ2) is 5.62. The summed E-state index contributed by atoms with van der Waals surface area (Å²) in [6, 6.07) is -0.367. The molecule has 2 bridgehead atoms. The number of nitrogens with zero attached hydrogens (tertiary/aromatic N) is 3. The Kier molecular flexibility index (Phi) is 3.91. The van der Waals surface area contributed by atoms with Gasteiger partial charge in [0.2, 0.25) is 16.5 Å². The molecule has 8 nitrogen and oxygen atoms in total. The maximum atomic E-state index is 6.16. The lowest BCUT2D eigenvalue weighted by Gasteiger charge is -2.42. The van der Waals surface area contributed by atoms with Gasteiger partial charge in [0.15, 0.2) is 12.1 Å². The highest BCUT2D eigenvalue weighted by molar-refractivity contribution is 6.31. The average Bonchev–Trinajstić information content (AvgIpc) is 3.03. The third-order valence-electron chi connectivity index (χ3n) is 4.61. The predicted molar refractivity (Wildman–Crippen MR) is 84.9 cm³/mol. The molecule has 1 unspecified atom stereocenters. The highest BCUT2D eigenvalue weighted by Gasteiger charge is 2.65. The van der Waals surface area contributed by atoms with Crippen LogP contribution < -0.4 is 5.32 Å². The molecule has 3 fully saturated rings. The van der Waals surface area contributed by atoms with E-state index in [2.05, 4.69) is 27.2 Å². The smallest absolute Gasteiger partial charge is 0.228 e. The number of ether oxygens (including phenoxy) is 4. The van der Waals surface area contributed by atoms with Crippen LogP contribution in [0.5, 0.6) is 0 Å². The highest BCUT2D eigenvalue weighted by Crippen LogP contribution is 2.48. The van der Waals surface area contributed by atoms with Gasteiger partial charge in [0.25, 0.3) is 0 Å². The van der Waals surface area contributed by atoms with E-state index < -0.39 is 17.7 Å². The first-order valence-corrected chi connectivity index (χ1v) is 8.56. The van der Waals surface area contributed by atoms with Gasteiger partial charge in [-0.3, -0.25) is 0 Å². The Morgan fingerprint density at radius 1 is 1.12 bits per heavy atom. The van der Waals surface area contributed by atoms with Crippen molar-refractivity contribution in [2.75, 3.05) is 11.9 Å². The van der Waals surface area contributed by atoms with Gasteiger partial charge in [-0.05, 0) is 43.5 Å². The number of nitrogens with one attached hydrogen (secondary N) is 1. The van der Waals surface area contributed by atoms with Gasteiger partial charge in [0.05, 0.1) is 6.61 Å². The third kappa shape index (κ3) is 2.65. The zero-order valence-electron chi connectivity index (χ0n) is 13.5. The summed E-state index contributed by atoms with van der Waals surface area (Å²) in [6.07, 6.45) is -0.282. The fraction of sp³-hybridized carbons (Fsp3) is 0.786. The molecule has 4 rings (SSSR count). The first-order valence-electron chi connectivity index (χ1n) is 7.81. The second-order valence-corrected chi connectivity index (χ2v) is 7.28. The van der Waals surface area contributed by atoms with Crippen molar-refractivity contribution in [3.05, 3.63) is 10.6 Å². The quantitative estimate of drug-likeness (QED) is 0.856. The minimum atomic E-state index is -0.709. The van der Waals surface area contributed by atoms with Crippen LogP contribution in [-0.4, -0.2) is 57.5 Å². The fourth-order valence-corrected chi connectivity index (χ4v) is 3.90. The Hall–Kier alpha value is -0.770. The van der Waals surface area contributed by atoms with Crippen LogP contribution in [0.2, 0.25) is 10.6 Å². The van der Waals surface area contributed by atoms with Crippen molar-refractivity contribution in [2.45, 2.75) is 63.1 Å². The fourth-order valence-electron chi connectivity index (χ4n) is 3.54. The summed E-state index contributed by atoms with van der Waals surface area (Å²) in [6.45, 7) is 6.27. The van der Waals surface area contributed by atoms with Gasteiger partial charge in [-0.25, -0.2) is 0 Å². The van der Waals surface area contributed by atoms with Crippen LogP contribution in [0.15, 0.2) is 0 Å². The lowest BCUT2D eigenvalue weighted by Crippen LogP contribution is -2.61. The van der Waals surface area contributed by atoms with Gasteiger partial charge >= 0.3 is 0 Å². The molecule has 10 heteroatoms. The minimum Gasteiger partial charge on any atom is -0.347 e. The maximum absolute atomic E-state index is 6.16. The predicted octanol–water partition coefficient (Wildman–Crippen LogP) is 2.01. The molecule has 24 heavy (non-hydrogen) atoms. The molecular formula is C14H18Cl2N4O4. The van der Waals surface area contributed by atoms with Crippen LogP contribution in [0.25, 0.3) is 0 Å². The lowest BCUT2D eigenvalue weighted by atomic mass is 9.86. The highest BCUT2D eigenvalue weighted by atomic mass is 35.5. The van der Waals surface area contributed by atoms with Gasteiger partial charge in [-0.2, -0.15) is 15.0 Å². The average molecular weight is 377 g/mol. The van der Waals surface area contributed by atoms with E-state index in [9.17, 15) is 0 Å². The molecule has 5 atom stereocenters. The molecule has 1 N–H and O–H groups in total. The van der Waals surface area contributed by atoms with Crippen LogP contribution >= 0.6 is 23.2 Å². The molecule has 3 saturated heterocycles. The molecule has 3 aliphatic rings. The van der Waals surface area contributed by atoms with Crippen molar-refractivity contribution in [3.8, 4) is 0 Å². The van der Waals surface area contributed by atoms with Crippen LogP contribution in [0, 0.1) is 0 Å². The summed E-state index contributed by atoms with van der Waals surface area (Å²) in [5.74, 6) is -0.472. The van der Waals surface area contributed by atoms with Crippen molar-refractivity contribution >= 4 is 29.2 Å². The number of aromatic nitrogens is 3. The molecule has 0 spiro atoms. The van der Waals surface area contributed by atoms with Crippen molar-refractivity contribution in [1.29, 1.82) is 0 Å². The molecule has 0 aromatic carbocycles. The Balaban J connectivity index is 1.65. The van der Waals surface area contributed by atoms with E-state index in [4.69, 9.17) is 42.1 Å². The maximum Gasteiger partial charge on any atom is 0.228 e. The monoisotopic (exact) mass is 376 g/mol. The number of rotatable bonds is 3. The Labute approximate surface area is 149 Å². The summed E-state index contributed by atoms with van der Waals surface area (Å²) < 4.78 is 24.2. The van der Waals surface area contributed by atoms with E-state index >= 15 is 0 Å². The lowest BCUT2D eigenvalue weighted by molar-refractivity contribution is -0.190. The molecule has 0 radical (unpaired) electrons. The van der Waals surface area contributed by atoms with Crippen molar-refractivity contribution in [1.82, 2.24) is 15.0 Å². The summed E-state index contributed by atoms with van der Waals surface area (Å²) >= 11 is 11.7. The molecule has 4 heterocycles. The Morgan fingerprint density at radius 3 is 2.50 bits per heavy atom. The van der Waals surface area contributed by atoms with E-state index in [1.165, 1.54) is 0 Å². The molecule has 0 amide bonds. The first-order chi connectivity index (χ1) is 11.3. The number of anilines is 1. The van der Waals surface area contributed by atoms with Gasteiger partial charge in [-0.15, -0.1) is 0 Å². The van der Waals surface area contributed by atoms with E-state index in [1.54, 1.807) is 0 Å². The molecular weight excluding hydrogens is 359 g/mol. The minimum absolute atomic E-state index is 0.00458. The number of halogens is 2. The van der Waals surface area contributed by atoms with Crippen LogP contribution in [0.1, 0.15) is 27.2 Å². The van der Waals surface area contributed by atoms with Gasteiger partial charge in [0.1, 0.15) is 23.9 Å². The second-order valence-electron chi connectivity index (χ2n) is 6.60. The molecule has 3 aliphatic heterocycles. The standard InChI is InChI=1S/C14H18Cl2N4O4/c1-4-14-5-21-9(24-14)6(7-8(14)23-13(2,3)22-7)17-12-19-10(15)18-11(16)20-12/h6-9H,4-5H2,1-3H3,(H,17,18,19,20)/t6-,7-,8-,9?,14+/m1/s1. The van der Waals surface area contributed by atoms with Crippen molar-refractivity contribution < 1.29 is 18.9 Å². The normalized spacial score (nSPS) is 39.7. The SMILES string of the molecule is CC[C@@]12COC(O1)[C@H](Nc1nc(Cl)nc(Cl)n1)[C@H]1OC(C)(C)O[C@H]12. The van der Waals surface area contributed by atoms with Crippen LogP contribution in [-0.2, 0) is 18.9 Å². The summed E-state index contributed by atoms with van der Waals surface area (Å²) in [5, 5.41) is 3.16. The Bertz CT molecular complexity index is 643. The largest absolute Gasteiger partial charge is 0.347 e. The van der Waals surface area contributed by atoms with Gasteiger partial charge in [0, 0.05) is 0 Å². The zero-order valence-corrected chi connectivity index (χ0v) is 15.0.